The maximum Gasteiger partial charge on any atom is 0.338 e. The highest BCUT2D eigenvalue weighted by Crippen LogP contribution is 2.34. The van der Waals surface area contributed by atoms with Crippen molar-refractivity contribution in [1.29, 1.82) is 0 Å². The Morgan fingerprint density at radius 1 is 1.00 bits per heavy atom. The van der Waals surface area contributed by atoms with E-state index in [2.05, 4.69) is 32.6 Å². The molecule has 4 rings (SSSR count). The normalized spacial score (nSPS) is 18.5. The predicted octanol–water partition coefficient (Wildman–Crippen LogP) is 2.70. The SMILES string of the molecule is CCOC(=O)C1=C(CN2CCN(c3ccc(OC)cc3)CC2)NC(=O)N[C@@H]1c1ccccc1OC. The lowest BCUT2D eigenvalue weighted by Crippen LogP contribution is -2.51. The van der Waals surface area contributed by atoms with Gasteiger partial charge >= 0.3 is 12.0 Å². The van der Waals surface area contributed by atoms with E-state index in [1.165, 1.54) is 0 Å². The van der Waals surface area contributed by atoms with Gasteiger partial charge in [-0.15, -0.1) is 0 Å². The van der Waals surface area contributed by atoms with E-state index in [0.717, 1.165) is 37.6 Å². The first kappa shape index (κ1) is 24.4. The summed E-state index contributed by atoms with van der Waals surface area (Å²) in [6.45, 7) is 5.67. The van der Waals surface area contributed by atoms with Gasteiger partial charge in [-0.1, -0.05) is 18.2 Å². The summed E-state index contributed by atoms with van der Waals surface area (Å²) in [5, 5.41) is 5.74. The van der Waals surface area contributed by atoms with Gasteiger partial charge in [0.05, 0.1) is 32.4 Å². The van der Waals surface area contributed by atoms with Crippen molar-refractivity contribution in [1.82, 2.24) is 15.5 Å². The summed E-state index contributed by atoms with van der Waals surface area (Å²) in [5.74, 6) is 0.966. The third kappa shape index (κ3) is 5.51. The molecule has 0 radical (unpaired) electrons. The molecule has 9 heteroatoms. The number of carbonyl (C=O) groups excluding carboxylic acids is 2. The summed E-state index contributed by atoms with van der Waals surface area (Å²) >= 11 is 0. The molecule has 35 heavy (non-hydrogen) atoms. The Hall–Kier alpha value is -3.72. The van der Waals surface area contributed by atoms with Crippen molar-refractivity contribution >= 4 is 17.7 Å². The smallest absolute Gasteiger partial charge is 0.338 e. The number of ether oxygens (including phenoxy) is 3. The summed E-state index contributed by atoms with van der Waals surface area (Å²) in [6, 6.07) is 14.4. The van der Waals surface area contributed by atoms with Crippen molar-refractivity contribution < 1.29 is 23.8 Å². The van der Waals surface area contributed by atoms with Crippen LogP contribution in [-0.4, -0.2) is 70.5 Å². The van der Waals surface area contributed by atoms with E-state index in [-0.39, 0.29) is 12.6 Å². The third-order valence-corrected chi connectivity index (χ3v) is 6.29. The van der Waals surface area contributed by atoms with E-state index in [9.17, 15) is 9.59 Å². The van der Waals surface area contributed by atoms with Gasteiger partial charge in [-0.05, 0) is 37.3 Å². The molecular weight excluding hydrogens is 448 g/mol. The fourth-order valence-electron chi connectivity index (χ4n) is 4.51. The Labute approximate surface area is 205 Å². The molecule has 2 aromatic carbocycles. The van der Waals surface area contributed by atoms with Gasteiger partial charge in [-0.2, -0.15) is 0 Å². The van der Waals surface area contributed by atoms with Gasteiger partial charge in [0.15, 0.2) is 0 Å². The van der Waals surface area contributed by atoms with Crippen LogP contribution in [0.25, 0.3) is 0 Å². The molecule has 1 atom stereocenters. The number of anilines is 1. The lowest BCUT2D eigenvalue weighted by Gasteiger charge is -2.38. The number of benzene rings is 2. The van der Waals surface area contributed by atoms with Crippen molar-refractivity contribution in [2.45, 2.75) is 13.0 Å². The Morgan fingerprint density at radius 2 is 1.71 bits per heavy atom. The highest BCUT2D eigenvalue weighted by molar-refractivity contribution is 5.95. The number of methoxy groups -OCH3 is 2. The minimum absolute atomic E-state index is 0.239. The Morgan fingerprint density at radius 3 is 2.37 bits per heavy atom. The number of hydrogen-bond donors (Lipinski definition) is 2. The molecule has 0 spiro atoms. The van der Waals surface area contributed by atoms with Crippen LogP contribution in [0.3, 0.4) is 0 Å². The average Bonchev–Trinajstić information content (AvgIpc) is 2.89. The molecule has 0 aromatic heterocycles. The van der Waals surface area contributed by atoms with Crippen LogP contribution in [0.2, 0.25) is 0 Å². The highest BCUT2D eigenvalue weighted by Gasteiger charge is 2.36. The number of hydrogen-bond acceptors (Lipinski definition) is 7. The second kappa shape index (κ2) is 11.1. The van der Waals surface area contributed by atoms with Crippen LogP contribution in [0.4, 0.5) is 10.5 Å². The molecule has 1 fully saturated rings. The third-order valence-electron chi connectivity index (χ3n) is 6.29. The zero-order valence-corrected chi connectivity index (χ0v) is 20.4. The van der Waals surface area contributed by atoms with Crippen LogP contribution in [-0.2, 0) is 9.53 Å². The second-order valence-electron chi connectivity index (χ2n) is 8.35. The fourth-order valence-corrected chi connectivity index (χ4v) is 4.51. The van der Waals surface area contributed by atoms with Crippen molar-refractivity contribution in [2.75, 3.05) is 58.5 Å². The predicted molar refractivity (Wildman–Crippen MR) is 133 cm³/mol. The lowest BCUT2D eigenvalue weighted by molar-refractivity contribution is -0.139. The first-order chi connectivity index (χ1) is 17.0. The second-order valence-corrected chi connectivity index (χ2v) is 8.35. The Kier molecular flexibility index (Phi) is 7.77. The molecular formula is C26H32N4O5. The largest absolute Gasteiger partial charge is 0.497 e. The van der Waals surface area contributed by atoms with Gasteiger partial charge in [0.1, 0.15) is 11.5 Å². The molecule has 2 aromatic rings. The monoisotopic (exact) mass is 480 g/mol. The van der Waals surface area contributed by atoms with Gasteiger partial charge in [0.2, 0.25) is 0 Å². The molecule has 2 amide bonds. The maximum atomic E-state index is 13.1. The van der Waals surface area contributed by atoms with Crippen LogP contribution >= 0.6 is 0 Å². The number of nitrogens with zero attached hydrogens (tertiary/aromatic N) is 2. The average molecular weight is 481 g/mol. The van der Waals surface area contributed by atoms with E-state index in [1.54, 1.807) is 21.1 Å². The standard InChI is InChI=1S/C26H32N4O5/c1-4-35-25(31)23-21(27-26(32)28-24(23)20-7-5-6-8-22(20)34-3)17-29-13-15-30(16-14-29)18-9-11-19(33-2)12-10-18/h5-12,24H,4,13-17H2,1-3H3,(H2,27,28,32)/t24-/m1/s1. The first-order valence-electron chi connectivity index (χ1n) is 11.8. The van der Waals surface area contributed by atoms with Crippen molar-refractivity contribution in [3.05, 3.63) is 65.4 Å². The topological polar surface area (TPSA) is 92.4 Å². The van der Waals surface area contributed by atoms with Crippen LogP contribution in [0.5, 0.6) is 11.5 Å². The fraction of sp³-hybridized carbons (Fsp3) is 0.385. The van der Waals surface area contributed by atoms with Gasteiger partial charge < -0.3 is 29.7 Å². The number of esters is 1. The number of rotatable bonds is 8. The van der Waals surface area contributed by atoms with Crippen LogP contribution in [0.15, 0.2) is 59.8 Å². The maximum absolute atomic E-state index is 13.1. The quantitative estimate of drug-likeness (QED) is 0.562. The van der Waals surface area contributed by atoms with Gasteiger partial charge in [-0.3, -0.25) is 4.90 Å². The number of urea groups is 1. The van der Waals surface area contributed by atoms with Gasteiger partial charge in [0, 0.05) is 49.7 Å². The first-order valence-corrected chi connectivity index (χ1v) is 11.8. The molecule has 2 heterocycles. The zero-order valence-electron chi connectivity index (χ0n) is 20.4. The molecule has 2 aliphatic heterocycles. The van der Waals surface area contributed by atoms with E-state index in [0.29, 0.717) is 29.1 Å². The van der Waals surface area contributed by atoms with Gasteiger partial charge in [0.25, 0.3) is 0 Å². The van der Waals surface area contributed by atoms with Crippen molar-refractivity contribution in [3.8, 4) is 11.5 Å². The summed E-state index contributed by atoms with van der Waals surface area (Å²) in [5.41, 5.74) is 2.80. The number of carbonyl (C=O) groups is 2. The minimum atomic E-state index is -0.672. The molecule has 1 saturated heterocycles. The van der Waals surface area contributed by atoms with E-state index < -0.39 is 12.0 Å². The molecule has 0 saturated carbocycles. The van der Waals surface area contributed by atoms with E-state index >= 15 is 0 Å². The minimum Gasteiger partial charge on any atom is -0.497 e. The summed E-state index contributed by atoms with van der Waals surface area (Å²) in [6.07, 6.45) is 0. The molecule has 2 N–H and O–H groups in total. The molecule has 0 aliphatic carbocycles. The highest BCUT2D eigenvalue weighted by atomic mass is 16.5. The van der Waals surface area contributed by atoms with E-state index in [4.69, 9.17) is 14.2 Å². The molecule has 0 bridgehead atoms. The number of piperazine rings is 1. The molecule has 2 aliphatic rings. The Bertz CT molecular complexity index is 1080. The zero-order chi connectivity index (χ0) is 24.8. The summed E-state index contributed by atoms with van der Waals surface area (Å²) in [7, 11) is 3.23. The summed E-state index contributed by atoms with van der Waals surface area (Å²) in [4.78, 5) is 30.3. The number of amides is 2. The van der Waals surface area contributed by atoms with Crippen molar-refractivity contribution in [3.63, 3.8) is 0 Å². The van der Waals surface area contributed by atoms with Gasteiger partial charge in [-0.25, -0.2) is 9.59 Å². The van der Waals surface area contributed by atoms with Crippen LogP contribution in [0, 0.1) is 0 Å². The Balaban J connectivity index is 1.55. The van der Waals surface area contributed by atoms with Crippen molar-refractivity contribution in [2.24, 2.45) is 0 Å². The van der Waals surface area contributed by atoms with Crippen LogP contribution in [0.1, 0.15) is 18.5 Å². The number of nitrogens with one attached hydrogen (secondary N) is 2. The van der Waals surface area contributed by atoms with Crippen LogP contribution < -0.4 is 25.0 Å². The number of para-hydroxylation sites is 1. The summed E-state index contributed by atoms with van der Waals surface area (Å²) < 4.78 is 16.1. The molecule has 186 valence electrons. The molecule has 0 unspecified atom stereocenters. The van der Waals surface area contributed by atoms with E-state index in [1.807, 2.05) is 36.4 Å². The molecule has 9 nitrogen and oxygen atoms in total. The lowest BCUT2D eigenvalue weighted by atomic mass is 9.94.